The maximum atomic E-state index is 13.6. The number of aromatic nitrogens is 2. The van der Waals surface area contributed by atoms with Gasteiger partial charge in [-0.25, -0.2) is 9.37 Å². The van der Waals surface area contributed by atoms with Crippen molar-refractivity contribution >= 4 is 5.91 Å². The first kappa shape index (κ1) is 16.2. The second-order valence-corrected chi connectivity index (χ2v) is 5.68. The Morgan fingerprint density at radius 2 is 2.14 bits per heavy atom. The smallest absolute Gasteiger partial charge is 0.225 e. The van der Waals surface area contributed by atoms with E-state index in [0.717, 1.165) is 5.82 Å². The fourth-order valence-corrected chi connectivity index (χ4v) is 2.41. The molecule has 22 heavy (non-hydrogen) atoms. The van der Waals surface area contributed by atoms with Gasteiger partial charge in [0, 0.05) is 32.4 Å². The molecule has 1 aromatic carbocycles. The molecule has 0 spiro atoms. The van der Waals surface area contributed by atoms with Crippen molar-refractivity contribution in [3.05, 3.63) is 53.9 Å². The van der Waals surface area contributed by atoms with Crippen molar-refractivity contribution in [2.24, 2.45) is 13.0 Å². The summed E-state index contributed by atoms with van der Waals surface area (Å²) in [7, 11) is 3.68. The van der Waals surface area contributed by atoms with Gasteiger partial charge >= 0.3 is 0 Å². The molecule has 0 saturated heterocycles. The molecule has 0 bridgehead atoms. The zero-order valence-corrected chi connectivity index (χ0v) is 13.3. The predicted molar refractivity (Wildman–Crippen MR) is 83.6 cm³/mol. The molecular formula is C17H22FN3O. The van der Waals surface area contributed by atoms with Gasteiger partial charge in [-0.05, 0) is 24.5 Å². The Kier molecular flexibility index (Phi) is 5.31. The summed E-state index contributed by atoms with van der Waals surface area (Å²) in [6.45, 7) is 2.37. The van der Waals surface area contributed by atoms with E-state index in [1.807, 2.05) is 30.8 Å². The lowest BCUT2D eigenvalue weighted by atomic mass is 9.99. The first-order valence-electron chi connectivity index (χ1n) is 7.43. The van der Waals surface area contributed by atoms with Crippen LogP contribution in [0.3, 0.4) is 0 Å². The average molecular weight is 303 g/mol. The van der Waals surface area contributed by atoms with E-state index in [9.17, 15) is 9.18 Å². The second kappa shape index (κ2) is 7.20. The Hall–Kier alpha value is -2.17. The molecule has 0 unspecified atom stereocenters. The molecule has 0 aliphatic carbocycles. The van der Waals surface area contributed by atoms with E-state index in [2.05, 4.69) is 4.98 Å². The van der Waals surface area contributed by atoms with Gasteiger partial charge < -0.3 is 9.47 Å². The molecule has 0 saturated carbocycles. The summed E-state index contributed by atoms with van der Waals surface area (Å²) in [5.41, 5.74) is 0.661. The van der Waals surface area contributed by atoms with Crippen LogP contribution in [-0.2, 0) is 24.8 Å². The zero-order valence-electron chi connectivity index (χ0n) is 13.3. The fourth-order valence-electron chi connectivity index (χ4n) is 2.41. The van der Waals surface area contributed by atoms with Gasteiger partial charge in [-0.15, -0.1) is 0 Å². The zero-order chi connectivity index (χ0) is 16.1. The minimum Gasteiger partial charge on any atom is -0.338 e. The van der Waals surface area contributed by atoms with Gasteiger partial charge in [-0.2, -0.15) is 0 Å². The SMILES string of the molecule is C[C@@H](CCc1ccccc1F)C(=O)N(C)Cc1nccn1C. The van der Waals surface area contributed by atoms with Crippen LogP contribution in [-0.4, -0.2) is 27.4 Å². The Labute approximate surface area is 130 Å². The Bertz CT molecular complexity index is 638. The lowest BCUT2D eigenvalue weighted by Crippen LogP contribution is -2.32. The van der Waals surface area contributed by atoms with Crippen LogP contribution in [0.4, 0.5) is 4.39 Å². The molecule has 0 aliphatic rings. The van der Waals surface area contributed by atoms with Gasteiger partial charge in [-0.1, -0.05) is 25.1 Å². The number of aryl methyl sites for hydroxylation is 2. The van der Waals surface area contributed by atoms with Crippen molar-refractivity contribution < 1.29 is 9.18 Å². The molecule has 5 heteroatoms. The monoisotopic (exact) mass is 303 g/mol. The maximum Gasteiger partial charge on any atom is 0.225 e. The summed E-state index contributed by atoms with van der Waals surface area (Å²) in [5.74, 6) is 0.546. The molecule has 2 aromatic rings. The van der Waals surface area contributed by atoms with Crippen LogP contribution in [0, 0.1) is 11.7 Å². The molecule has 2 rings (SSSR count). The van der Waals surface area contributed by atoms with Crippen LogP contribution in [0.25, 0.3) is 0 Å². The summed E-state index contributed by atoms with van der Waals surface area (Å²) >= 11 is 0. The Morgan fingerprint density at radius 1 is 1.41 bits per heavy atom. The fraction of sp³-hybridized carbons (Fsp3) is 0.412. The topological polar surface area (TPSA) is 38.1 Å². The lowest BCUT2D eigenvalue weighted by molar-refractivity contribution is -0.134. The van der Waals surface area contributed by atoms with Gasteiger partial charge in [0.1, 0.15) is 11.6 Å². The van der Waals surface area contributed by atoms with Gasteiger partial charge in [0.2, 0.25) is 5.91 Å². The van der Waals surface area contributed by atoms with E-state index in [4.69, 9.17) is 0 Å². The van der Waals surface area contributed by atoms with E-state index in [1.165, 1.54) is 6.07 Å². The molecule has 1 heterocycles. The van der Waals surface area contributed by atoms with Crippen LogP contribution in [0.1, 0.15) is 24.7 Å². The number of hydrogen-bond acceptors (Lipinski definition) is 2. The molecule has 4 nitrogen and oxygen atoms in total. The molecule has 1 atom stereocenters. The number of benzene rings is 1. The molecule has 1 amide bonds. The number of amides is 1. The highest BCUT2D eigenvalue weighted by atomic mass is 19.1. The third kappa shape index (κ3) is 3.93. The molecular weight excluding hydrogens is 281 g/mol. The number of hydrogen-bond donors (Lipinski definition) is 0. The van der Waals surface area contributed by atoms with E-state index < -0.39 is 0 Å². The van der Waals surface area contributed by atoms with Gasteiger partial charge in [0.15, 0.2) is 0 Å². The molecule has 0 aliphatic heterocycles. The maximum absolute atomic E-state index is 13.6. The second-order valence-electron chi connectivity index (χ2n) is 5.68. The van der Waals surface area contributed by atoms with E-state index in [0.29, 0.717) is 24.9 Å². The van der Waals surface area contributed by atoms with Crippen LogP contribution < -0.4 is 0 Å². The van der Waals surface area contributed by atoms with Crippen LogP contribution in [0.15, 0.2) is 36.7 Å². The molecule has 0 fully saturated rings. The summed E-state index contributed by atoms with van der Waals surface area (Å²) in [6.07, 6.45) is 4.77. The van der Waals surface area contributed by atoms with Crippen molar-refractivity contribution in [3.8, 4) is 0 Å². The number of rotatable bonds is 6. The van der Waals surface area contributed by atoms with Crippen molar-refractivity contribution in [3.63, 3.8) is 0 Å². The number of halogens is 1. The van der Waals surface area contributed by atoms with Gasteiger partial charge in [0.25, 0.3) is 0 Å². The van der Waals surface area contributed by atoms with Crippen LogP contribution >= 0.6 is 0 Å². The largest absolute Gasteiger partial charge is 0.338 e. The summed E-state index contributed by atoms with van der Waals surface area (Å²) in [4.78, 5) is 18.3. The van der Waals surface area contributed by atoms with Crippen LogP contribution in [0.5, 0.6) is 0 Å². The quantitative estimate of drug-likeness (QED) is 0.823. The van der Waals surface area contributed by atoms with Gasteiger partial charge in [-0.3, -0.25) is 4.79 Å². The Morgan fingerprint density at radius 3 is 2.77 bits per heavy atom. The summed E-state index contributed by atoms with van der Waals surface area (Å²) in [5, 5.41) is 0. The van der Waals surface area contributed by atoms with Crippen molar-refractivity contribution in [1.29, 1.82) is 0 Å². The third-order valence-electron chi connectivity index (χ3n) is 3.90. The molecule has 0 radical (unpaired) electrons. The highest BCUT2D eigenvalue weighted by Gasteiger charge is 2.19. The lowest BCUT2D eigenvalue weighted by Gasteiger charge is -2.21. The minimum absolute atomic E-state index is 0.0549. The molecule has 1 aromatic heterocycles. The van der Waals surface area contributed by atoms with Crippen molar-refractivity contribution in [2.45, 2.75) is 26.3 Å². The molecule has 118 valence electrons. The van der Waals surface area contributed by atoms with Crippen LogP contribution in [0.2, 0.25) is 0 Å². The number of imidazole rings is 1. The Balaban J connectivity index is 1.89. The summed E-state index contributed by atoms with van der Waals surface area (Å²) in [6, 6.07) is 6.71. The highest BCUT2D eigenvalue weighted by molar-refractivity contribution is 5.78. The van der Waals surface area contributed by atoms with E-state index in [1.54, 1.807) is 30.3 Å². The molecule has 0 N–H and O–H groups in total. The first-order chi connectivity index (χ1) is 10.5. The van der Waals surface area contributed by atoms with Gasteiger partial charge in [0.05, 0.1) is 6.54 Å². The minimum atomic E-state index is -0.205. The van der Waals surface area contributed by atoms with Crippen molar-refractivity contribution in [2.75, 3.05) is 7.05 Å². The third-order valence-corrected chi connectivity index (χ3v) is 3.90. The standard InChI is InChI=1S/C17H22FN3O/c1-13(8-9-14-6-4-5-7-15(14)18)17(22)21(3)12-16-19-10-11-20(16)2/h4-7,10-11,13H,8-9,12H2,1-3H3/t13-/m0/s1. The average Bonchev–Trinajstić information content (AvgIpc) is 2.90. The number of nitrogens with zero attached hydrogens (tertiary/aromatic N) is 3. The van der Waals surface area contributed by atoms with E-state index in [-0.39, 0.29) is 17.6 Å². The first-order valence-corrected chi connectivity index (χ1v) is 7.43. The number of carbonyl (C=O) groups excluding carboxylic acids is 1. The highest BCUT2D eigenvalue weighted by Crippen LogP contribution is 2.15. The normalized spacial score (nSPS) is 12.2. The van der Waals surface area contributed by atoms with Crippen molar-refractivity contribution in [1.82, 2.24) is 14.5 Å². The van der Waals surface area contributed by atoms with E-state index >= 15 is 0 Å². The summed E-state index contributed by atoms with van der Waals surface area (Å²) < 4.78 is 15.5. The number of carbonyl (C=O) groups is 1. The predicted octanol–water partition coefficient (Wildman–Crippen LogP) is 2.79.